The summed E-state index contributed by atoms with van der Waals surface area (Å²) in [6, 6.07) is 3.51. The van der Waals surface area contributed by atoms with Crippen molar-refractivity contribution in [1.82, 2.24) is 0 Å². The summed E-state index contributed by atoms with van der Waals surface area (Å²) in [6.07, 6.45) is 0. The summed E-state index contributed by atoms with van der Waals surface area (Å²) in [7, 11) is 0. The standard InChI is InChI=1S/C7H4BrFI2/c8-3-4-1-5(10)2-6(9)7(4)11/h1-2H,3H2. The van der Waals surface area contributed by atoms with Gasteiger partial charge in [0.2, 0.25) is 0 Å². The summed E-state index contributed by atoms with van der Waals surface area (Å²) in [5.41, 5.74) is 1.01. The van der Waals surface area contributed by atoms with Gasteiger partial charge in [-0.25, -0.2) is 4.39 Å². The average Bonchev–Trinajstić information content (AvgIpc) is 1.96. The van der Waals surface area contributed by atoms with Crippen LogP contribution in [0.4, 0.5) is 4.39 Å². The first-order chi connectivity index (χ1) is 5.15. The highest BCUT2D eigenvalue weighted by atomic mass is 127. The van der Waals surface area contributed by atoms with Crippen LogP contribution in [-0.2, 0) is 5.33 Å². The molecule has 0 saturated carbocycles. The third-order valence-corrected chi connectivity index (χ3v) is 3.65. The van der Waals surface area contributed by atoms with Gasteiger partial charge in [-0.2, -0.15) is 0 Å². The van der Waals surface area contributed by atoms with Crippen LogP contribution >= 0.6 is 61.1 Å². The molecule has 0 aliphatic rings. The van der Waals surface area contributed by atoms with E-state index in [4.69, 9.17) is 0 Å². The van der Waals surface area contributed by atoms with Crippen molar-refractivity contribution in [2.24, 2.45) is 0 Å². The Labute approximate surface area is 100 Å². The monoisotopic (exact) mass is 440 g/mol. The molecule has 0 spiro atoms. The van der Waals surface area contributed by atoms with Crippen molar-refractivity contribution < 1.29 is 4.39 Å². The molecule has 0 amide bonds. The lowest BCUT2D eigenvalue weighted by atomic mass is 10.2. The Bertz CT molecular complexity index is 275. The van der Waals surface area contributed by atoms with Gasteiger partial charge in [-0.05, 0) is 62.9 Å². The number of halogens is 4. The Balaban J connectivity index is 3.24. The quantitative estimate of drug-likeness (QED) is 0.353. The average molecular weight is 441 g/mol. The highest BCUT2D eigenvalue weighted by molar-refractivity contribution is 14.1. The zero-order chi connectivity index (χ0) is 8.43. The summed E-state index contributed by atoms with van der Waals surface area (Å²) >= 11 is 7.42. The van der Waals surface area contributed by atoms with Gasteiger partial charge in [-0.3, -0.25) is 0 Å². The van der Waals surface area contributed by atoms with Gasteiger partial charge in [0.15, 0.2) is 0 Å². The minimum Gasteiger partial charge on any atom is -0.206 e. The first-order valence-electron chi connectivity index (χ1n) is 2.84. The van der Waals surface area contributed by atoms with Crippen molar-refractivity contribution >= 4 is 61.1 Å². The molecule has 4 heteroatoms. The van der Waals surface area contributed by atoms with E-state index in [0.29, 0.717) is 8.90 Å². The first kappa shape index (κ1) is 10.2. The van der Waals surface area contributed by atoms with E-state index in [-0.39, 0.29) is 5.82 Å². The lowest BCUT2D eigenvalue weighted by Gasteiger charge is -2.01. The van der Waals surface area contributed by atoms with Crippen LogP contribution < -0.4 is 0 Å². The van der Waals surface area contributed by atoms with Crippen LogP contribution in [0.1, 0.15) is 5.56 Å². The Hall–Kier alpha value is 1.09. The molecule has 0 aliphatic heterocycles. The van der Waals surface area contributed by atoms with E-state index in [1.807, 2.05) is 28.7 Å². The Morgan fingerprint density at radius 3 is 2.55 bits per heavy atom. The fourth-order valence-electron chi connectivity index (χ4n) is 0.707. The molecule has 1 aromatic carbocycles. The van der Waals surface area contributed by atoms with Gasteiger partial charge in [0.1, 0.15) is 5.82 Å². The molecule has 0 atom stereocenters. The topological polar surface area (TPSA) is 0 Å². The van der Waals surface area contributed by atoms with Crippen LogP contribution in [-0.4, -0.2) is 0 Å². The van der Waals surface area contributed by atoms with Gasteiger partial charge in [-0.15, -0.1) is 0 Å². The molecular formula is C7H4BrFI2. The van der Waals surface area contributed by atoms with Crippen molar-refractivity contribution in [3.8, 4) is 0 Å². The van der Waals surface area contributed by atoms with Crippen LogP contribution in [0.25, 0.3) is 0 Å². The predicted octanol–water partition coefficient (Wildman–Crippen LogP) is 3.93. The molecular weight excluding hydrogens is 437 g/mol. The van der Waals surface area contributed by atoms with E-state index in [2.05, 4.69) is 38.5 Å². The summed E-state index contributed by atoms with van der Waals surface area (Å²) in [5.74, 6) is -0.132. The number of alkyl halides is 1. The molecule has 0 heterocycles. The molecule has 0 N–H and O–H groups in total. The second-order valence-electron chi connectivity index (χ2n) is 1.99. The maximum absolute atomic E-state index is 13.0. The van der Waals surface area contributed by atoms with Crippen molar-refractivity contribution in [2.75, 3.05) is 0 Å². The maximum Gasteiger partial charge on any atom is 0.137 e. The SMILES string of the molecule is Fc1cc(I)cc(CBr)c1I. The van der Waals surface area contributed by atoms with Crippen molar-refractivity contribution in [1.29, 1.82) is 0 Å². The van der Waals surface area contributed by atoms with Gasteiger partial charge in [0.05, 0.1) is 3.57 Å². The largest absolute Gasteiger partial charge is 0.206 e. The van der Waals surface area contributed by atoms with Gasteiger partial charge in [0, 0.05) is 8.90 Å². The molecule has 0 unspecified atom stereocenters. The Morgan fingerprint density at radius 1 is 1.36 bits per heavy atom. The molecule has 60 valence electrons. The van der Waals surface area contributed by atoms with Crippen molar-refractivity contribution in [3.63, 3.8) is 0 Å². The molecule has 11 heavy (non-hydrogen) atoms. The van der Waals surface area contributed by atoms with Crippen LogP contribution in [0, 0.1) is 13.0 Å². The second kappa shape index (κ2) is 4.36. The van der Waals surface area contributed by atoms with E-state index < -0.39 is 0 Å². The van der Waals surface area contributed by atoms with Gasteiger partial charge < -0.3 is 0 Å². The number of hydrogen-bond donors (Lipinski definition) is 0. The molecule has 0 radical (unpaired) electrons. The molecule has 0 fully saturated rings. The summed E-state index contributed by atoms with van der Waals surface area (Å²) < 4.78 is 14.6. The van der Waals surface area contributed by atoms with Crippen LogP contribution in [0.2, 0.25) is 0 Å². The van der Waals surface area contributed by atoms with Crippen molar-refractivity contribution in [3.05, 3.63) is 30.7 Å². The number of benzene rings is 1. The Morgan fingerprint density at radius 2 is 2.00 bits per heavy atom. The minimum absolute atomic E-state index is 0.132. The molecule has 0 aliphatic carbocycles. The lowest BCUT2D eigenvalue weighted by molar-refractivity contribution is 0.617. The fourth-order valence-corrected chi connectivity index (χ4v) is 2.82. The summed E-state index contributed by atoms with van der Waals surface area (Å²) in [5, 5.41) is 0.707. The van der Waals surface area contributed by atoms with E-state index >= 15 is 0 Å². The summed E-state index contributed by atoms with van der Waals surface area (Å²) in [6.45, 7) is 0. The third kappa shape index (κ3) is 2.51. The summed E-state index contributed by atoms with van der Waals surface area (Å²) in [4.78, 5) is 0. The zero-order valence-corrected chi connectivity index (χ0v) is 11.3. The van der Waals surface area contributed by atoms with Gasteiger partial charge in [-0.1, -0.05) is 15.9 Å². The van der Waals surface area contributed by atoms with Crippen LogP contribution in [0.15, 0.2) is 12.1 Å². The lowest BCUT2D eigenvalue weighted by Crippen LogP contribution is -1.90. The predicted molar refractivity (Wildman–Crippen MR) is 64.5 cm³/mol. The van der Waals surface area contributed by atoms with E-state index in [9.17, 15) is 4.39 Å². The molecule has 0 saturated heterocycles. The normalized spacial score (nSPS) is 10.2. The molecule has 1 aromatic rings. The molecule has 1 rings (SSSR count). The van der Waals surface area contributed by atoms with Crippen LogP contribution in [0.5, 0.6) is 0 Å². The van der Waals surface area contributed by atoms with E-state index in [1.54, 1.807) is 0 Å². The molecule has 0 nitrogen and oxygen atoms in total. The fraction of sp³-hybridized carbons (Fsp3) is 0.143. The highest BCUT2D eigenvalue weighted by Crippen LogP contribution is 2.21. The molecule has 0 aromatic heterocycles. The number of rotatable bonds is 1. The number of hydrogen-bond acceptors (Lipinski definition) is 0. The zero-order valence-electron chi connectivity index (χ0n) is 5.37. The van der Waals surface area contributed by atoms with E-state index in [0.717, 1.165) is 9.13 Å². The van der Waals surface area contributed by atoms with Crippen molar-refractivity contribution in [2.45, 2.75) is 5.33 Å². The minimum atomic E-state index is -0.132. The smallest absolute Gasteiger partial charge is 0.137 e. The van der Waals surface area contributed by atoms with Gasteiger partial charge in [0.25, 0.3) is 0 Å². The first-order valence-corrected chi connectivity index (χ1v) is 6.12. The van der Waals surface area contributed by atoms with Crippen LogP contribution in [0.3, 0.4) is 0 Å². The van der Waals surface area contributed by atoms with Gasteiger partial charge >= 0.3 is 0 Å². The Kier molecular flexibility index (Phi) is 4.03. The third-order valence-electron chi connectivity index (χ3n) is 1.21. The molecule has 0 bridgehead atoms. The van der Waals surface area contributed by atoms with E-state index in [1.165, 1.54) is 6.07 Å². The maximum atomic E-state index is 13.0. The second-order valence-corrected chi connectivity index (χ2v) is 4.88. The highest BCUT2D eigenvalue weighted by Gasteiger charge is 2.05.